The first-order chi connectivity index (χ1) is 10.2. The molecule has 1 aromatic carbocycles. The Bertz CT molecular complexity index is 724. The van der Waals surface area contributed by atoms with Crippen LogP contribution in [-0.4, -0.2) is 26.3 Å². The Hall–Kier alpha value is -1.73. The van der Waals surface area contributed by atoms with Crippen LogP contribution >= 0.6 is 0 Å². The van der Waals surface area contributed by atoms with Crippen LogP contribution in [0.1, 0.15) is 47.2 Å². The number of benzene rings is 1. The van der Waals surface area contributed by atoms with Gasteiger partial charge >= 0.3 is 5.97 Å². The zero-order chi connectivity index (χ0) is 16.5. The highest BCUT2D eigenvalue weighted by Crippen LogP contribution is 2.23. The summed E-state index contributed by atoms with van der Waals surface area (Å²) >= 11 is 0. The second-order valence-corrected chi connectivity index (χ2v) is 7.10. The molecular weight excluding hydrogens is 306 g/mol. The predicted molar refractivity (Wildman–Crippen MR) is 80.0 cm³/mol. The molecule has 1 aliphatic carbocycles. The number of ketones is 1. The Morgan fingerprint density at radius 2 is 1.95 bits per heavy atom. The number of carbonyl (C=O) groups excluding carboxylic acids is 2. The van der Waals surface area contributed by atoms with Crippen molar-refractivity contribution in [1.29, 1.82) is 0 Å². The summed E-state index contributed by atoms with van der Waals surface area (Å²) in [5, 5.41) is 5.17. The van der Waals surface area contributed by atoms with Crippen LogP contribution in [0.25, 0.3) is 0 Å². The van der Waals surface area contributed by atoms with Crippen molar-refractivity contribution in [3.05, 3.63) is 28.8 Å². The van der Waals surface area contributed by atoms with Crippen LogP contribution in [0.4, 0.5) is 0 Å². The minimum atomic E-state index is -3.93. The van der Waals surface area contributed by atoms with Crippen molar-refractivity contribution in [2.24, 2.45) is 5.14 Å². The molecule has 1 saturated carbocycles. The first-order valence-electron chi connectivity index (χ1n) is 7.08. The molecule has 0 heterocycles. The maximum absolute atomic E-state index is 12.2. The van der Waals surface area contributed by atoms with Crippen molar-refractivity contribution in [3.63, 3.8) is 0 Å². The van der Waals surface area contributed by atoms with Crippen LogP contribution in [0, 0.1) is 13.8 Å². The van der Waals surface area contributed by atoms with E-state index < -0.39 is 22.1 Å². The molecule has 0 aliphatic heterocycles. The van der Waals surface area contributed by atoms with Gasteiger partial charge in [0.25, 0.3) is 0 Å². The molecule has 0 bridgehead atoms. The van der Waals surface area contributed by atoms with Crippen LogP contribution < -0.4 is 5.14 Å². The summed E-state index contributed by atoms with van der Waals surface area (Å²) in [4.78, 5) is 23.8. The molecule has 22 heavy (non-hydrogen) atoms. The molecule has 1 aliphatic rings. The number of esters is 1. The monoisotopic (exact) mass is 325 g/mol. The fourth-order valence-electron chi connectivity index (χ4n) is 2.51. The Morgan fingerprint density at radius 1 is 1.27 bits per heavy atom. The molecule has 1 atom stereocenters. The number of hydrogen-bond donors (Lipinski definition) is 1. The molecule has 1 unspecified atom stereocenters. The minimum absolute atomic E-state index is 0.0879. The quantitative estimate of drug-likeness (QED) is 0.850. The molecule has 0 radical (unpaired) electrons. The number of sulfonamides is 1. The average molecular weight is 325 g/mol. The van der Waals surface area contributed by atoms with Crippen molar-refractivity contribution in [2.45, 2.75) is 50.5 Å². The van der Waals surface area contributed by atoms with Gasteiger partial charge in [0.15, 0.2) is 11.9 Å². The Morgan fingerprint density at radius 3 is 2.55 bits per heavy atom. The summed E-state index contributed by atoms with van der Waals surface area (Å²) in [6.07, 6.45) is 1.83. The minimum Gasteiger partial charge on any atom is -0.451 e. The molecular formula is C15H19NO5S. The van der Waals surface area contributed by atoms with Gasteiger partial charge in [-0.2, -0.15) is 0 Å². The van der Waals surface area contributed by atoms with Gasteiger partial charge in [-0.1, -0.05) is 0 Å². The topological polar surface area (TPSA) is 104 Å². The van der Waals surface area contributed by atoms with Gasteiger partial charge in [-0.3, -0.25) is 4.79 Å². The third-order valence-corrected chi connectivity index (χ3v) is 4.95. The van der Waals surface area contributed by atoms with E-state index in [9.17, 15) is 18.0 Å². The molecule has 2 rings (SSSR count). The highest BCUT2D eigenvalue weighted by Gasteiger charge is 2.27. The van der Waals surface area contributed by atoms with Gasteiger partial charge < -0.3 is 4.74 Å². The highest BCUT2D eigenvalue weighted by atomic mass is 32.2. The molecule has 1 aromatic rings. The van der Waals surface area contributed by atoms with Gasteiger partial charge in [0.1, 0.15) is 0 Å². The summed E-state index contributed by atoms with van der Waals surface area (Å²) in [5.41, 5.74) is 1.20. The molecule has 0 saturated heterocycles. The van der Waals surface area contributed by atoms with Crippen LogP contribution in [0.2, 0.25) is 0 Å². The standard InChI is InChI=1S/C15H19NO5S/c1-9-7-11(8-14(10(9)2)22(16,19)20)15(18)21-13-6-4-3-5-12(13)17/h7-8,13H,3-6H2,1-2H3,(H2,16,19,20). The molecule has 0 amide bonds. The van der Waals surface area contributed by atoms with Gasteiger partial charge in [-0.15, -0.1) is 0 Å². The molecule has 1 fully saturated rings. The van der Waals surface area contributed by atoms with Crippen LogP contribution in [0.15, 0.2) is 17.0 Å². The number of hydrogen-bond acceptors (Lipinski definition) is 5. The Kier molecular flexibility index (Phi) is 4.67. The lowest BCUT2D eigenvalue weighted by Crippen LogP contribution is -2.30. The maximum Gasteiger partial charge on any atom is 0.338 e. The number of primary sulfonamides is 1. The van der Waals surface area contributed by atoms with Crippen LogP contribution in [0.3, 0.4) is 0 Å². The van der Waals surface area contributed by atoms with Crippen LogP contribution in [-0.2, 0) is 19.6 Å². The average Bonchev–Trinajstić information content (AvgIpc) is 2.42. The fraction of sp³-hybridized carbons (Fsp3) is 0.467. The van der Waals surface area contributed by atoms with E-state index in [1.807, 2.05) is 0 Å². The molecule has 120 valence electrons. The molecule has 7 heteroatoms. The predicted octanol–water partition coefficient (Wildman–Crippen LogP) is 1.62. The highest BCUT2D eigenvalue weighted by molar-refractivity contribution is 7.89. The van der Waals surface area contributed by atoms with Crippen molar-refractivity contribution >= 4 is 21.8 Å². The summed E-state index contributed by atoms with van der Waals surface area (Å²) in [5.74, 6) is -0.789. The van der Waals surface area contributed by atoms with E-state index in [2.05, 4.69) is 0 Å². The lowest BCUT2D eigenvalue weighted by atomic mass is 9.96. The fourth-order valence-corrected chi connectivity index (χ4v) is 3.39. The number of ether oxygens (including phenoxy) is 1. The number of rotatable bonds is 3. The molecule has 2 N–H and O–H groups in total. The second kappa shape index (κ2) is 6.18. The lowest BCUT2D eigenvalue weighted by molar-refractivity contribution is -0.129. The van der Waals surface area contributed by atoms with E-state index >= 15 is 0 Å². The van der Waals surface area contributed by atoms with Gasteiger partial charge in [0.2, 0.25) is 10.0 Å². The van der Waals surface area contributed by atoms with E-state index in [1.165, 1.54) is 6.07 Å². The van der Waals surface area contributed by atoms with E-state index in [1.54, 1.807) is 19.9 Å². The van der Waals surface area contributed by atoms with Gasteiger partial charge in [-0.25, -0.2) is 18.4 Å². The Balaban J connectivity index is 2.30. The number of carbonyl (C=O) groups is 2. The number of Topliss-reactive ketones (excluding diaryl/α,β-unsaturated/α-hetero) is 1. The first kappa shape index (κ1) is 16.6. The van der Waals surface area contributed by atoms with E-state index in [0.29, 0.717) is 24.0 Å². The Labute approximate surface area is 129 Å². The third kappa shape index (κ3) is 3.53. The molecule has 0 spiro atoms. The van der Waals surface area contributed by atoms with E-state index in [-0.39, 0.29) is 16.2 Å². The molecule has 6 nitrogen and oxygen atoms in total. The van der Waals surface area contributed by atoms with Gasteiger partial charge in [0, 0.05) is 6.42 Å². The normalized spacial score (nSPS) is 19.0. The van der Waals surface area contributed by atoms with Crippen molar-refractivity contribution in [2.75, 3.05) is 0 Å². The third-order valence-electron chi connectivity index (χ3n) is 3.91. The zero-order valence-corrected chi connectivity index (χ0v) is 13.4. The summed E-state index contributed by atoms with van der Waals surface area (Å²) < 4.78 is 28.4. The maximum atomic E-state index is 12.2. The van der Waals surface area contributed by atoms with Gasteiger partial charge in [0.05, 0.1) is 10.5 Å². The smallest absolute Gasteiger partial charge is 0.338 e. The summed E-state index contributed by atoms with van der Waals surface area (Å²) in [6.45, 7) is 3.31. The van der Waals surface area contributed by atoms with E-state index in [0.717, 1.165) is 12.8 Å². The summed E-state index contributed by atoms with van der Waals surface area (Å²) in [7, 11) is -3.93. The van der Waals surface area contributed by atoms with Crippen molar-refractivity contribution < 1.29 is 22.7 Å². The van der Waals surface area contributed by atoms with Crippen LogP contribution in [0.5, 0.6) is 0 Å². The summed E-state index contributed by atoms with van der Waals surface area (Å²) in [6, 6.07) is 2.74. The largest absolute Gasteiger partial charge is 0.451 e. The van der Waals surface area contributed by atoms with Crippen molar-refractivity contribution in [1.82, 2.24) is 0 Å². The number of aryl methyl sites for hydroxylation is 1. The zero-order valence-electron chi connectivity index (χ0n) is 12.6. The lowest BCUT2D eigenvalue weighted by Gasteiger charge is -2.21. The SMILES string of the molecule is Cc1cc(C(=O)OC2CCCCC2=O)cc(S(N)(=O)=O)c1C. The van der Waals surface area contributed by atoms with E-state index in [4.69, 9.17) is 9.88 Å². The van der Waals surface area contributed by atoms with Gasteiger partial charge in [-0.05, 0) is 56.4 Å². The second-order valence-electron chi connectivity index (χ2n) is 5.57. The first-order valence-corrected chi connectivity index (χ1v) is 8.62. The van der Waals surface area contributed by atoms with Crippen molar-refractivity contribution in [3.8, 4) is 0 Å². The molecule has 0 aromatic heterocycles. The number of nitrogens with two attached hydrogens (primary N) is 1.